The number of para-hydroxylation sites is 2. The number of ether oxygens (including phenoxy) is 2. The molecule has 0 fully saturated rings. The summed E-state index contributed by atoms with van der Waals surface area (Å²) in [7, 11) is 3.53. The van der Waals surface area contributed by atoms with Gasteiger partial charge in [0.05, 0.1) is 20.3 Å². The van der Waals surface area contributed by atoms with E-state index in [1.807, 2.05) is 31.3 Å². The van der Waals surface area contributed by atoms with Gasteiger partial charge in [-0.05, 0) is 29.6 Å². The highest BCUT2D eigenvalue weighted by Crippen LogP contribution is 2.26. The quantitative estimate of drug-likeness (QED) is 0.548. The molecule has 0 radical (unpaired) electrons. The molecule has 0 saturated carbocycles. The molecule has 0 aliphatic heterocycles. The van der Waals surface area contributed by atoms with Crippen LogP contribution in [-0.4, -0.2) is 53.3 Å². The van der Waals surface area contributed by atoms with E-state index in [1.54, 1.807) is 23.6 Å². The maximum atomic E-state index is 5.71. The highest BCUT2D eigenvalue weighted by molar-refractivity contribution is 7.99. The molecule has 2 aromatic rings. The minimum atomic E-state index is 0.559. The molecule has 114 valence electrons. The third-order valence-electron chi connectivity index (χ3n) is 2.71. The molecule has 2 rings (SSSR count). The van der Waals surface area contributed by atoms with Crippen molar-refractivity contribution < 1.29 is 9.47 Å². The highest BCUT2D eigenvalue weighted by atomic mass is 32.2. The molecule has 7 nitrogen and oxygen atoms in total. The minimum absolute atomic E-state index is 0.559. The third-order valence-corrected chi connectivity index (χ3v) is 3.64. The Morgan fingerprint density at radius 3 is 2.86 bits per heavy atom. The molecular weight excluding hydrogens is 290 g/mol. The maximum absolute atomic E-state index is 5.71. The Balaban J connectivity index is 1.78. The monoisotopic (exact) mass is 309 g/mol. The van der Waals surface area contributed by atoms with Crippen molar-refractivity contribution in [3.8, 4) is 11.5 Å². The topological polar surface area (TPSA) is 74.1 Å². The number of likely N-dealkylation sites (N-methyl/N-ethyl adjacent to an activating group) is 1. The molecule has 1 N–H and O–H groups in total. The number of benzene rings is 1. The van der Waals surface area contributed by atoms with Crippen LogP contribution in [0.15, 0.2) is 29.4 Å². The van der Waals surface area contributed by atoms with Crippen molar-refractivity contribution in [3.05, 3.63) is 24.3 Å². The van der Waals surface area contributed by atoms with Gasteiger partial charge in [-0.1, -0.05) is 23.9 Å². The summed E-state index contributed by atoms with van der Waals surface area (Å²) < 4.78 is 12.7. The Hall–Kier alpha value is -1.80. The molecule has 0 bridgehead atoms. The van der Waals surface area contributed by atoms with Crippen molar-refractivity contribution >= 4 is 11.8 Å². The average molecular weight is 309 g/mol. The molecule has 0 atom stereocenters. The van der Waals surface area contributed by atoms with Crippen molar-refractivity contribution in [2.24, 2.45) is 0 Å². The van der Waals surface area contributed by atoms with Crippen LogP contribution in [0.4, 0.5) is 0 Å². The van der Waals surface area contributed by atoms with Gasteiger partial charge in [0.2, 0.25) is 5.16 Å². The first-order valence-corrected chi connectivity index (χ1v) is 7.63. The summed E-state index contributed by atoms with van der Waals surface area (Å²) in [6.45, 7) is 2.14. The fraction of sp³-hybridized carbons (Fsp3) is 0.462. The second kappa shape index (κ2) is 8.48. The normalized spacial score (nSPS) is 10.6. The lowest BCUT2D eigenvalue weighted by Crippen LogP contribution is -2.16. The first-order valence-electron chi connectivity index (χ1n) is 6.64. The fourth-order valence-corrected chi connectivity index (χ4v) is 2.40. The van der Waals surface area contributed by atoms with Gasteiger partial charge in [0.15, 0.2) is 11.5 Å². The van der Waals surface area contributed by atoms with E-state index >= 15 is 0 Å². The van der Waals surface area contributed by atoms with Gasteiger partial charge >= 0.3 is 0 Å². The van der Waals surface area contributed by atoms with Gasteiger partial charge in [0.25, 0.3) is 0 Å². The first kappa shape index (κ1) is 15.6. The van der Waals surface area contributed by atoms with E-state index in [-0.39, 0.29) is 0 Å². The van der Waals surface area contributed by atoms with Crippen molar-refractivity contribution in [2.45, 2.75) is 11.7 Å². The van der Waals surface area contributed by atoms with Gasteiger partial charge in [-0.25, -0.2) is 4.68 Å². The first-order chi connectivity index (χ1) is 10.3. The number of rotatable bonds is 9. The third kappa shape index (κ3) is 4.61. The standard InChI is InChI=1S/C13H19N5O2S/c1-14-7-8-18-13(15-16-17-18)21-10-9-20-12-6-4-3-5-11(12)19-2/h3-6,14H,7-10H2,1-2H3. The van der Waals surface area contributed by atoms with Crippen LogP contribution in [0.5, 0.6) is 11.5 Å². The van der Waals surface area contributed by atoms with Crippen LogP contribution in [0.2, 0.25) is 0 Å². The molecule has 1 aromatic heterocycles. The SMILES string of the molecule is CNCCn1nnnc1SCCOc1ccccc1OC. The maximum Gasteiger partial charge on any atom is 0.209 e. The second-order valence-corrected chi connectivity index (χ2v) is 5.20. The molecule has 0 aliphatic carbocycles. The van der Waals surface area contributed by atoms with Crippen molar-refractivity contribution in [1.29, 1.82) is 0 Å². The lowest BCUT2D eigenvalue weighted by molar-refractivity contribution is 0.313. The van der Waals surface area contributed by atoms with E-state index in [0.29, 0.717) is 6.61 Å². The van der Waals surface area contributed by atoms with Gasteiger partial charge in [0.1, 0.15) is 0 Å². The predicted molar refractivity (Wildman–Crippen MR) is 81.0 cm³/mol. The van der Waals surface area contributed by atoms with Crippen LogP contribution in [0.1, 0.15) is 0 Å². The summed E-state index contributed by atoms with van der Waals surface area (Å²) in [6, 6.07) is 7.60. The summed E-state index contributed by atoms with van der Waals surface area (Å²) in [6.07, 6.45) is 0. The smallest absolute Gasteiger partial charge is 0.209 e. The molecule has 0 spiro atoms. The highest BCUT2D eigenvalue weighted by Gasteiger charge is 2.07. The Morgan fingerprint density at radius 2 is 2.10 bits per heavy atom. The Morgan fingerprint density at radius 1 is 1.29 bits per heavy atom. The molecule has 1 heterocycles. The average Bonchev–Trinajstić information content (AvgIpc) is 2.97. The molecule has 1 aromatic carbocycles. The number of tetrazole rings is 1. The molecule has 8 heteroatoms. The van der Waals surface area contributed by atoms with Crippen LogP contribution < -0.4 is 14.8 Å². The van der Waals surface area contributed by atoms with Gasteiger partial charge in [-0.15, -0.1) is 5.10 Å². The number of aromatic nitrogens is 4. The Bertz CT molecular complexity index is 549. The van der Waals surface area contributed by atoms with Crippen LogP contribution in [0, 0.1) is 0 Å². The number of nitrogens with zero attached hydrogens (tertiary/aromatic N) is 4. The van der Waals surface area contributed by atoms with Crippen LogP contribution in [0.25, 0.3) is 0 Å². The minimum Gasteiger partial charge on any atom is -0.493 e. The van der Waals surface area contributed by atoms with Crippen molar-refractivity contribution in [1.82, 2.24) is 25.5 Å². The second-order valence-electron chi connectivity index (χ2n) is 4.14. The van der Waals surface area contributed by atoms with Crippen molar-refractivity contribution in [2.75, 3.05) is 33.1 Å². The number of hydrogen-bond donors (Lipinski definition) is 1. The lowest BCUT2D eigenvalue weighted by atomic mass is 10.3. The Kier molecular flexibility index (Phi) is 6.29. The molecule has 0 aliphatic rings. The zero-order valence-corrected chi connectivity index (χ0v) is 13.0. The van der Waals surface area contributed by atoms with E-state index in [0.717, 1.165) is 35.5 Å². The van der Waals surface area contributed by atoms with Gasteiger partial charge in [-0.2, -0.15) is 0 Å². The van der Waals surface area contributed by atoms with Crippen LogP contribution in [-0.2, 0) is 6.54 Å². The van der Waals surface area contributed by atoms with Crippen LogP contribution >= 0.6 is 11.8 Å². The number of methoxy groups -OCH3 is 1. The van der Waals surface area contributed by atoms with Gasteiger partial charge < -0.3 is 14.8 Å². The summed E-state index contributed by atoms with van der Waals surface area (Å²) in [4.78, 5) is 0. The number of hydrogen-bond acceptors (Lipinski definition) is 7. The predicted octanol–water partition coefficient (Wildman–Crippen LogP) is 1.07. The summed E-state index contributed by atoms with van der Waals surface area (Å²) in [5, 5.41) is 15.5. The van der Waals surface area contributed by atoms with Crippen LogP contribution in [0.3, 0.4) is 0 Å². The van der Waals surface area contributed by atoms with Gasteiger partial charge in [-0.3, -0.25) is 0 Å². The van der Waals surface area contributed by atoms with E-state index in [1.165, 1.54) is 0 Å². The van der Waals surface area contributed by atoms with E-state index in [4.69, 9.17) is 9.47 Å². The molecular formula is C13H19N5O2S. The fourth-order valence-electron chi connectivity index (χ4n) is 1.68. The lowest BCUT2D eigenvalue weighted by Gasteiger charge is -2.09. The molecule has 21 heavy (non-hydrogen) atoms. The Labute approximate surface area is 128 Å². The number of nitrogens with one attached hydrogen (secondary N) is 1. The summed E-state index contributed by atoms with van der Waals surface area (Å²) in [5.41, 5.74) is 0. The van der Waals surface area contributed by atoms with E-state index in [2.05, 4.69) is 20.8 Å². The largest absolute Gasteiger partial charge is 0.493 e. The van der Waals surface area contributed by atoms with Gasteiger partial charge in [0, 0.05) is 12.3 Å². The zero-order chi connectivity index (χ0) is 14.9. The van der Waals surface area contributed by atoms with E-state index in [9.17, 15) is 0 Å². The molecule has 0 unspecified atom stereocenters. The van der Waals surface area contributed by atoms with Crippen molar-refractivity contribution in [3.63, 3.8) is 0 Å². The number of thioether (sulfide) groups is 1. The van der Waals surface area contributed by atoms with E-state index < -0.39 is 0 Å². The summed E-state index contributed by atoms with van der Waals surface area (Å²) >= 11 is 1.57. The summed E-state index contributed by atoms with van der Waals surface area (Å²) in [5.74, 6) is 2.24. The molecule has 0 amide bonds. The zero-order valence-electron chi connectivity index (χ0n) is 12.2. The molecule has 0 saturated heterocycles.